The largest absolute Gasteiger partial charge is 0.248 e. The van der Waals surface area contributed by atoms with E-state index in [0.717, 1.165) is 11.1 Å². The van der Waals surface area contributed by atoms with Crippen LogP contribution in [-0.2, 0) is 5.41 Å². The van der Waals surface area contributed by atoms with Crippen molar-refractivity contribution in [1.82, 2.24) is 0 Å². The van der Waals surface area contributed by atoms with Crippen LogP contribution in [0.3, 0.4) is 0 Å². The molecule has 0 spiro atoms. The second-order valence-corrected chi connectivity index (χ2v) is 12.0. The van der Waals surface area contributed by atoms with Crippen molar-refractivity contribution in [3.8, 4) is 11.1 Å². The zero-order valence-corrected chi connectivity index (χ0v) is 21.8. The Morgan fingerprint density at radius 3 is 2.41 bits per heavy atom. The van der Waals surface area contributed by atoms with Crippen LogP contribution in [0, 0.1) is 5.41 Å². The molecule has 0 N–H and O–H groups in total. The number of para-hydroxylation sites is 1. The fourth-order valence-corrected chi connectivity index (χ4v) is 7.46. The van der Waals surface area contributed by atoms with Gasteiger partial charge in [0.2, 0.25) is 0 Å². The molecule has 0 bridgehead atoms. The Balaban J connectivity index is 1.24. The number of allylic oxidation sites excluding steroid dienone is 10. The van der Waals surface area contributed by atoms with Gasteiger partial charge in [-0.1, -0.05) is 107 Å². The van der Waals surface area contributed by atoms with Gasteiger partial charge in [0.25, 0.3) is 0 Å². The summed E-state index contributed by atoms with van der Waals surface area (Å²) in [5.41, 5.74) is 14.9. The maximum absolute atomic E-state index is 5.00. The number of nitrogens with zero attached hydrogens (tertiary/aromatic N) is 1. The first kappa shape index (κ1) is 21.1. The lowest BCUT2D eigenvalue weighted by molar-refractivity contribution is 0.601. The van der Waals surface area contributed by atoms with E-state index in [9.17, 15) is 0 Å². The molecule has 1 atom stereocenters. The van der Waals surface area contributed by atoms with Crippen LogP contribution in [0.5, 0.6) is 0 Å². The maximum Gasteiger partial charge on any atom is 0.0713 e. The highest BCUT2D eigenvalue weighted by Crippen LogP contribution is 2.55. The molecule has 0 saturated heterocycles. The molecule has 1 nitrogen and oxygen atoms in total. The second-order valence-electron chi connectivity index (χ2n) is 12.0. The van der Waals surface area contributed by atoms with Crippen LogP contribution >= 0.6 is 0 Å². The Morgan fingerprint density at radius 2 is 1.51 bits per heavy atom. The molecule has 0 aromatic heterocycles. The summed E-state index contributed by atoms with van der Waals surface area (Å²) >= 11 is 0. The fraction of sp³-hybridized carbons (Fsp3) is 0.194. The molecule has 1 heteroatoms. The standard InChI is InChI=1S/C36H29N/c1-35(2)29-11-7-5-9-25(29)26-16-15-22(19-30(26)35)21-13-14-23-17-24-20-32-34(27-10-6-8-12-31(27)37-32)36(3,4)33(24)28(23)18-21/h5-21H,1-4H3. The van der Waals surface area contributed by atoms with Crippen LogP contribution in [0.25, 0.3) is 16.7 Å². The third kappa shape index (κ3) is 2.67. The molecule has 0 fully saturated rings. The Labute approximate surface area is 218 Å². The summed E-state index contributed by atoms with van der Waals surface area (Å²) in [6.07, 6.45) is 11.9. The SMILES string of the molecule is CC1(C)C2=C(C=C3C=CC(c4ccc5c(c4)C(C)(C)c4ccccc4-5)C=C32)C=C2N=c3ccccc3=C21. The van der Waals surface area contributed by atoms with Crippen molar-refractivity contribution < 1.29 is 0 Å². The van der Waals surface area contributed by atoms with Crippen LogP contribution < -0.4 is 10.6 Å². The molecule has 1 unspecified atom stereocenters. The molecule has 3 aromatic carbocycles. The lowest BCUT2D eigenvalue weighted by atomic mass is 9.68. The third-order valence-corrected chi connectivity index (χ3v) is 9.21. The first-order valence-electron chi connectivity index (χ1n) is 13.4. The average Bonchev–Trinajstić information content (AvgIpc) is 3.52. The maximum atomic E-state index is 5.00. The molecule has 0 saturated carbocycles. The summed E-state index contributed by atoms with van der Waals surface area (Å²) in [6, 6.07) is 24.6. The minimum atomic E-state index is -0.114. The van der Waals surface area contributed by atoms with Gasteiger partial charge >= 0.3 is 0 Å². The van der Waals surface area contributed by atoms with Gasteiger partial charge in [-0.05, 0) is 73.9 Å². The highest BCUT2D eigenvalue weighted by atomic mass is 14.8. The minimum Gasteiger partial charge on any atom is -0.248 e. The van der Waals surface area contributed by atoms with Gasteiger partial charge in [0, 0.05) is 22.0 Å². The molecule has 37 heavy (non-hydrogen) atoms. The van der Waals surface area contributed by atoms with Gasteiger partial charge in [0.1, 0.15) is 0 Å². The molecule has 8 rings (SSSR count). The zero-order valence-electron chi connectivity index (χ0n) is 21.8. The van der Waals surface area contributed by atoms with Crippen molar-refractivity contribution in [2.75, 3.05) is 0 Å². The normalized spacial score (nSPS) is 22.6. The van der Waals surface area contributed by atoms with E-state index in [1.54, 1.807) is 0 Å². The van der Waals surface area contributed by atoms with Crippen molar-refractivity contribution in [2.24, 2.45) is 10.4 Å². The molecule has 1 heterocycles. The smallest absolute Gasteiger partial charge is 0.0713 e. The topological polar surface area (TPSA) is 12.4 Å². The predicted molar refractivity (Wildman–Crippen MR) is 152 cm³/mol. The summed E-state index contributed by atoms with van der Waals surface area (Å²) in [5.74, 6) is 0.260. The monoisotopic (exact) mass is 475 g/mol. The Kier molecular flexibility index (Phi) is 3.92. The molecular formula is C36H29N. The molecule has 178 valence electrons. The van der Waals surface area contributed by atoms with E-state index in [1.807, 2.05) is 0 Å². The highest BCUT2D eigenvalue weighted by molar-refractivity contribution is 5.85. The molecule has 1 aliphatic heterocycles. The van der Waals surface area contributed by atoms with Gasteiger partial charge in [-0.25, -0.2) is 4.99 Å². The lowest BCUT2D eigenvalue weighted by Crippen LogP contribution is -2.30. The van der Waals surface area contributed by atoms with Crippen LogP contribution in [0.2, 0.25) is 0 Å². The van der Waals surface area contributed by atoms with E-state index in [-0.39, 0.29) is 16.7 Å². The molecule has 5 aliphatic rings. The summed E-state index contributed by atoms with van der Waals surface area (Å²) in [4.78, 5) is 5.00. The summed E-state index contributed by atoms with van der Waals surface area (Å²) < 4.78 is 0. The second kappa shape index (κ2) is 6.86. The zero-order chi connectivity index (χ0) is 25.1. The molecule has 3 aromatic rings. The van der Waals surface area contributed by atoms with E-state index >= 15 is 0 Å². The average molecular weight is 476 g/mol. The van der Waals surface area contributed by atoms with E-state index in [4.69, 9.17) is 4.99 Å². The van der Waals surface area contributed by atoms with Gasteiger partial charge in [-0.15, -0.1) is 0 Å². The summed E-state index contributed by atoms with van der Waals surface area (Å²) in [7, 11) is 0. The van der Waals surface area contributed by atoms with Crippen molar-refractivity contribution in [3.63, 3.8) is 0 Å². The third-order valence-electron chi connectivity index (χ3n) is 9.21. The van der Waals surface area contributed by atoms with Gasteiger partial charge in [0.15, 0.2) is 0 Å². The number of hydrogen-bond donors (Lipinski definition) is 0. The fourth-order valence-electron chi connectivity index (χ4n) is 7.46. The highest BCUT2D eigenvalue weighted by Gasteiger charge is 2.42. The van der Waals surface area contributed by atoms with Gasteiger partial charge < -0.3 is 0 Å². The van der Waals surface area contributed by atoms with E-state index in [2.05, 4.69) is 125 Å². The first-order chi connectivity index (χ1) is 17.8. The van der Waals surface area contributed by atoms with Crippen LogP contribution in [0.1, 0.15) is 50.3 Å². The van der Waals surface area contributed by atoms with Crippen LogP contribution in [0.15, 0.2) is 130 Å². The summed E-state index contributed by atoms with van der Waals surface area (Å²) in [5, 5.41) is 2.38. The van der Waals surface area contributed by atoms with Crippen molar-refractivity contribution in [2.45, 2.75) is 39.0 Å². The number of hydrogen-bond acceptors (Lipinski definition) is 1. The quantitative estimate of drug-likeness (QED) is 0.352. The van der Waals surface area contributed by atoms with Crippen LogP contribution in [-0.4, -0.2) is 0 Å². The lowest BCUT2D eigenvalue weighted by Gasteiger charge is -2.35. The van der Waals surface area contributed by atoms with Gasteiger partial charge in [-0.2, -0.15) is 0 Å². The molecular weight excluding hydrogens is 446 g/mol. The minimum absolute atomic E-state index is 0.0180. The van der Waals surface area contributed by atoms with E-state index < -0.39 is 0 Å². The number of benzene rings is 3. The van der Waals surface area contributed by atoms with E-state index in [0.29, 0.717) is 0 Å². The molecule has 0 amide bonds. The first-order valence-corrected chi connectivity index (χ1v) is 13.4. The Bertz CT molecular complexity index is 1860. The summed E-state index contributed by atoms with van der Waals surface area (Å²) in [6.45, 7) is 9.48. The van der Waals surface area contributed by atoms with Gasteiger partial charge in [0.05, 0.1) is 11.1 Å². The van der Waals surface area contributed by atoms with Crippen molar-refractivity contribution in [1.29, 1.82) is 0 Å². The van der Waals surface area contributed by atoms with Gasteiger partial charge in [-0.3, -0.25) is 0 Å². The predicted octanol–water partition coefficient (Wildman–Crippen LogP) is 7.22. The van der Waals surface area contributed by atoms with Crippen LogP contribution in [0.4, 0.5) is 0 Å². The Morgan fingerprint density at radius 1 is 0.730 bits per heavy atom. The Hall–Kier alpha value is -3.97. The molecule has 4 aliphatic carbocycles. The number of fused-ring (bicyclic) bond motifs is 7. The molecule has 0 radical (unpaired) electrons. The number of rotatable bonds is 1. The van der Waals surface area contributed by atoms with E-state index in [1.165, 1.54) is 60.9 Å². The van der Waals surface area contributed by atoms with Crippen molar-refractivity contribution >= 4 is 5.57 Å². The van der Waals surface area contributed by atoms with Crippen molar-refractivity contribution in [3.05, 3.63) is 152 Å².